The van der Waals surface area contributed by atoms with Crippen LogP contribution in [-0.2, 0) is 16.1 Å². The van der Waals surface area contributed by atoms with E-state index in [1.807, 2.05) is 52.8 Å². The Kier molecular flexibility index (Phi) is 6.22. The number of nitrogens with zero attached hydrogens (tertiary/aromatic N) is 4. The molecule has 1 aliphatic heterocycles. The molecule has 0 aliphatic carbocycles. The number of carbonyl (C=O) groups excluding carboxylic acids is 1. The SMILES string of the molecule is CC(Sc1nnc(-c2ccc(Cl)cc2)n1Cc1ccco1)C(=O)N1CCOCC1. The van der Waals surface area contributed by atoms with E-state index in [2.05, 4.69) is 10.2 Å². The zero-order valence-electron chi connectivity index (χ0n) is 16.0. The molecule has 0 N–H and O–H groups in total. The van der Waals surface area contributed by atoms with Gasteiger partial charge in [-0.05, 0) is 43.3 Å². The average molecular weight is 433 g/mol. The Morgan fingerprint density at radius 3 is 2.66 bits per heavy atom. The van der Waals surface area contributed by atoms with Crippen molar-refractivity contribution in [2.75, 3.05) is 26.3 Å². The minimum atomic E-state index is -0.286. The van der Waals surface area contributed by atoms with E-state index in [-0.39, 0.29) is 11.2 Å². The van der Waals surface area contributed by atoms with Crippen LogP contribution in [-0.4, -0.2) is 57.1 Å². The Morgan fingerprint density at radius 1 is 1.21 bits per heavy atom. The van der Waals surface area contributed by atoms with Gasteiger partial charge in [-0.15, -0.1) is 10.2 Å². The van der Waals surface area contributed by atoms with E-state index in [1.165, 1.54) is 11.8 Å². The number of morpholine rings is 1. The van der Waals surface area contributed by atoms with Crippen molar-refractivity contribution in [1.82, 2.24) is 19.7 Å². The zero-order valence-corrected chi connectivity index (χ0v) is 17.5. The fraction of sp³-hybridized carbons (Fsp3) is 0.350. The van der Waals surface area contributed by atoms with Crippen LogP contribution >= 0.6 is 23.4 Å². The highest BCUT2D eigenvalue weighted by molar-refractivity contribution is 8.00. The fourth-order valence-corrected chi connectivity index (χ4v) is 4.20. The molecule has 2 aromatic heterocycles. The molecule has 1 fully saturated rings. The summed E-state index contributed by atoms with van der Waals surface area (Å²) in [5.41, 5.74) is 0.896. The quantitative estimate of drug-likeness (QED) is 0.554. The molecule has 4 rings (SSSR count). The van der Waals surface area contributed by atoms with E-state index >= 15 is 0 Å². The van der Waals surface area contributed by atoms with Gasteiger partial charge >= 0.3 is 0 Å². The third-order valence-corrected chi connectivity index (χ3v) is 5.99. The van der Waals surface area contributed by atoms with Gasteiger partial charge in [0.2, 0.25) is 5.91 Å². The van der Waals surface area contributed by atoms with Crippen molar-refractivity contribution in [2.24, 2.45) is 0 Å². The highest BCUT2D eigenvalue weighted by Crippen LogP contribution is 2.29. The minimum absolute atomic E-state index is 0.0823. The summed E-state index contributed by atoms with van der Waals surface area (Å²) in [6, 6.07) is 11.2. The number of hydrogen-bond donors (Lipinski definition) is 0. The van der Waals surface area contributed by atoms with Crippen LogP contribution in [0, 0.1) is 0 Å². The predicted octanol–water partition coefficient (Wildman–Crippen LogP) is 3.58. The zero-order chi connectivity index (χ0) is 20.2. The van der Waals surface area contributed by atoms with Gasteiger partial charge in [0.05, 0.1) is 31.3 Å². The molecule has 152 valence electrons. The molecule has 1 aliphatic rings. The molecule has 1 aromatic carbocycles. The smallest absolute Gasteiger partial charge is 0.236 e. The van der Waals surface area contributed by atoms with Crippen LogP contribution in [0.25, 0.3) is 11.4 Å². The summed E-state index contributed by atoms with van der Waals surface area (Å²) in [4.78, 5) is 14.6. The molecule has 3 heterocycles. The van der Waals surface area contributed by atoms with Gasteiger partial charge in [0.1, 0.15) is 5.76 Å². The number of halogens is 1. The summed E-state index contributed by atoms with van der Waals surface area (Å²) in [6.07, 6.45) is 1.64. The molecule has 1 amide bonds. The topological polar surface area (TPSA) is 73.4 Å². The number of aromatic nitrogens is 3. The Bertz CT molecular complexity index is 953. The number of furan rings is 1. The first-order valence-corrected chi connectivity index (χ1v) is 10.6. The third-order valence-electron chi connectivity index (χ3n) is 4.67. The van der Waals surface area contributed by atoms with E-state index in [4.69, 9.17) is 20.8 Å². The first-order chi connectivity index (χ1) is 14.1. The van der Waals surface area contributed by atoms with Gasteiger partial charge < -0.3 is 14.1 Å². The second-order valence-corrected chi connectivity index (χ2v) is 8.42. The Balaban J connectivity index is 1.60. The van der Waals surface area contributed by atoms with Crippen molar-refractivity contribution in [1.29, 1.82) is 0 Å². The van der Waals surface area contributed by atoms with Gasteiger partial charge in [-0.1, -0.05) is 23.4 Å². The standard InChI is InChI=1S/C20H21ClN4O3S/c1-14(19(26)24-8-11-27-12-9-24)29-20-23-22-18(15-4-6-16(21)7-5-15)25(20)13-17-3-2-10-28-17/h2-7,10,14H,8-9,11-13H2,1H3. The van der Waals surface area contributed by atoms with Crippen LogP contribution < -0.4 is 0 Å². The van der Waals surface area contributed by atoms with Crippen molar-refractivity contribution in [3.8, 4) is 11.4 Å². The normalized spacial score (nSPS) is 15.4. The molecule has 1 unspecified atom stereocenters. The second kappa shape index (κ2) is 9.02. The number of amides is 1. The van der Waals surface area contributed by atoms with Crippen molar-refractivity contribution in [2.45, 2.75) is 23.9 Å². The van der Waals surface area contributed by atoms with E-state index in [9.17, 15) is 4.79 Å². The highest BCUT2D eigenvalue weighted by atomic mass is 35.5. The number of thioether (sulfide) groups is 1. The van der Waals surface area contributed by atoms with Gasteiger partial charge in [-0.25, -0.2) is 0 Å². The number of carbonyl (C=O) groups is 1. The molecular weight excluding hydrogens is 412 g/mol. The van der Waals surface area contributed by atoms with Gasteiger partial charge in [-0.2, -0.15) is 0 Å². The Morgan fingerprint density at radius 2 is 1.97 bits per heavy atom. The summed E-state index contributed by atoms with van der Waals surface area (Å²) in [6.45, 7) is 4.78. The van der Waals surface area contributed by atoms with Crippen LogP contribution in [0.3, 0.4) is 0 Å². The maximum absolute atomic E-state index is 12.8. The largest absolute Gasteiger partial charge is 0.467 e. The summed E-state index contributed by atoms with van der Waals surface area (Å²) in [5.74, 6) is 1.57. The number of ether oxygens (including phenoxy) is 1. The van der Waals surface area contributed by atoms with E-state index < -0.39 is 0 Å². The van der Waals surface area contributed by atoms with Gasteiger partial charge in [0.15, 0.2) is 11.0 Å². The monoisotopic (exact) mass is 432 g/mol. The van der Waals surface area contributed by atoms with Gasteiger partial charge in [0, 0.05) is 23.7 Å². The lowest BCUT2D eigenvalue weighted by molar-refractivity contribution is -0.134. The lowest BCUT2D eigenvalue weighted by Crippen LogP contribution is -2.44. The predicted molar refractivity (Wildman–Crippen MR) is 111 cm³/mol. The summed E-state index contributed by atoms with van der Waals surface area (Å²) in [5, 5.41) is 9.79. The maximum atomic E-state index is 12.8. The number of hydrogen-bond acceptors (Lipinski definition) is 6. The fourth-order valence-electron chi connectivity index (χ4n) is 3.14. The lowest BCUT2D eigenvalue weighted by atomic mass is 10.2. The molecule has 1 atom stereocenters. The number of benzene rings is 1. The molecule has 3 aromatic rings. The van der Waals surface area contributed by atoms with E-state index in [0.717, 1.165) is 11.3 Å². The van der Waals surface area contributed by atoms with Gasteiger partial charge in [0.25, 0.3) is 0 Å². The molecule has 9 heteroatoms. The van der Waals surface area contributed by atoms with Crippen LogP contribution in [0.2, 0.25) is 5.02 Å². The van der Waals surface area contributed by atoms with Crippen molar-refractivity contribution in [3.05, 3.63) is 53.4 Å². The molecule has 0 bridgehead atoms. The van der Waals surface area contributed by atoms with Crippen molar-refractivity contribution >= 4 is 29.3 Å². The van der Waals surface area contributed by atoms with Crippen LogP contribution in [0.5, 0.6) is 0 Å². The van der Waals surface area contributed by atoms with Crippen LogP contribution in [0.4, 0.5) is 0 Å². The highest BCUT2D eigenvalue weighted by Gasteiger charge is 2.26. The molecule has 7 nitrogen and oxygen atoms in total. The molecule has 0 spiro atoms. The van der Waals surface area contributed by atoms with Crippen LogP contribution in [0.1, 0.15) is 12.7 Å². The third kappa shape index (κ3) is 4.66. The Hall–Kier alpha value is -2.29. The van der Waals surface area contributed by atoms with E-state index in [0.29, 0.717) is 48.9 Å². The van der Waals surface area contributed by atoms with Gasteiger partial charge in [-0.3, -0.25) is 9.36 Å². The van der Waals surface area contributed by atoms with Crippen molar-refractivity contribution < 1.29 is 13.9 Å². The summed E-state index contributed by atoms with van der Waals surface area (Å²) >= 11 is 7.43. The minimum Gasteiger partial charge on any atom is -0.467 e. The second-order valence-electron chi connectivity index (χ2n) is 6.68. The van der Waals surface area contributed by atoms with Crippen LogP contribution in [0.15, 0.2) is 52.2 Å². The maximum Gasteiger partial charge on any atom is 0.236 e. The van der Waals surface area contributed by atoms with Crippen molar-refractivity contribution in [3.63, 3.8) is 0 Å². The average Bonchev–Trinajstić information content (AvgIpc) is 3.40. The Labute approximate surface area is 178 Å². The van der Waals surface area contributed by atoms with E-state index in [1.54, 1.807) is 6.26 Å². The molecule has 0 radical (unpaired) electrons. The first kappa shape index (κ1) is 20.0. The lowest BCUT2D eigenvalue weighted by Gasteiger charge is -2.28. The molecule has 0 saturated carbocycles. The molecular formula is C20H21ClN4O3S. The summed E-state index contributed by atoms with van der Waals surface area (Å²) in [7, 11) is 0. The summed E-state index contributed by atoms with van der Waals surface area (Å²) < 4.78 is 12.8. The number of rotatable bonds is 6. The molecule has 29 heavy (non-hydrogen) atoms. The first-order valence-electron chi connectivity index (χ1n) is 9.36. The molecule has 1 saturated heterocycles.